The fraction of sp³-hybridized carbons (Fsp3) is 0.353. The van der Waals surface area contributed by atoms with Gasteiger partial charge in [0.05, 0.1) is 22.9 Å². The van der Waals surface area contributed by atoms with Crippen molar-refractivity contribution in [1.29, 1.82) is 0 Å². The van der Waals surface area contributed by atoms with Crippen molar-refractivity contribution in [3.63, 3.8) is 0 Å². The van der Waals surface area contributed by atoms with E-state index in [1.165, 1.54) is 19.1 Å². The Balaban J connectivity index is 2.38. The van der Waals surface area contributed by atoms with Gasteiger partial charge in [0.2, 0.25) is 10.0 Å². The van der Waals surface area contributed by atoms with Crippen molar-refractivity contribution in [3.05, 3.63) is 50.8 Å². The van der Waals surface area contributed by atoms with Crippen LogP contribution in [0.2, 0.25) is 0 Å². The first-order chi connectivity index (χ1) is 13.0. The predicted octanol–water partition coefficient (Wildman–Crippen LogP) is 1.67. The summed E-state index contributed by atoms with van der Waals surface area (Å²) in [4.78, 5) is 29.2. The third-order valence-corrected chi connectivity index (χ3v) is 4.70. The van der Waals surface area contributed by atoms with Gasteiger partial charge in [-0.25, -0.2) is 22.4 Å². The highest BCUT2D eigenvalue weighted by atomic mass is 32.2. The van der Waals surface area contributed by atoms with Gasteiger partial charge < -0.3 is 4.98 Å². The molecule has 1 unspecified atom stereocenters. The number of hydrogen-bond acceptors (Lipinski definition) is 5. The van der Waals surface area contributed by atoms with Crippen LogP contribution in [-0.4, -0.2) is 34.1 Å². The summed E-state index contributed by atoms with van der Waals surface area (Å²) >= 11 is 0. The molecule has 2 aromatic heterocycles. The van der Waals surface area contributed by atoms with Gasteiger partial charge in [-0.15, -0.1) is 0 Å². The smallest absolute Gasteiger partial charge is 0.305 e. The van der Waals surface area contributed by atoms with E-state index in [1.807, 2.05) is 18.7 Å². The molecule has 3 rings (SSSR count). The second-order valence-corrected chi connectivity index (χ2v) is 8.52. The number of nitrogens with one attached hydrogen (secondary N) is 2. The minimum Gasteiger partial charge on any atom is -0.305 e. The fourth-order valence-electron chi connectivity index (χ4n) is 3.02. The van der Waals surface area contributed by atoms with E-state index in [0.717, 1.165) is 6.26 Å². The summed E-state index contributed by atoms with van der Waals surface area (Å²) in [5.74, 6) is 0. The van der Waals surface area contributed by atoms with Crippen LogP contribution in [0, 0.1) is 0 Å². The largest absolute Gasteiger partial charge is 0.348 e. The van der Waals surface area contributed by atoms with Crippen molar-refractivity contribution >= 4 is 20.9 Å². The first-order valence-electron chi connectivity index (χ1n) is 8.48. The Hall–Kier alpha value is -2.95. The van der Waals surface area contributed by atoms with Gasteiger partial charge in [0.15, 0.2) is 0 Å². The Morgan fingerprint density at radius 3 is 2.46 bits per heavy atom. The number of hydrogen-bond donors (Lipinski definition) is 2. The van der Waals surface area contributed by atoms with Gasteiger partial charge in [-0.05, 0) is 44.5 Å². The number of nitrogens with zero attached hydrogens (tertiary/aromatic N) is 3. The van der Waals surface area contributed by atoms with E-state index in [2.05, 4.69) is 10.1 Å². The summed E-state index contributed by atoms with van der Waals surface area (Å²) in [5, 5.41) is 4.27. The predicted molar refractivity (Wildman–Crippen MR) is 104 cm³/mol. The third-order valence-electron chi connectivity index (χ3n) is 4.19. The van der Waals surface area contributed by atoms with Gasteiger partial charge in [-0.2, -0.15) is 9.77 Å². The van der Waals surface area contributed by atoms with Crippen LogP contribution in [0.15, 0.2) is 34.0 Å². The van der Waals surface area contributed by atoms with E-state index in [1.54, 1.807) is 16.9 Å². The third kappa shape index (κ3) is 3.57. The summed E-state index contributed by atoms with van der Waals surface area (Å²) < 4.78 is 39.4. The van der Waals surface area contributed by atoms with Crippen LogP contribution in [0.5, 0.6) is 0 Å². The van der Waals surface area contributed by atoms with Crippen LogP contribution in [0.3, 0.4) is 0 Å². The Morgan fingerprint density at radius 1 is 1.21 bits per heavy atom. The Labute approximate surface area is 159 Å². The monoisotopic (exact) mass is 409 g/mol. The van der Waals surface area contributed by atoms with Gasteiger partial charge in [-0.3, -0.25) is 9.48 Å². The minimum atomic E-state index is -3.86. The second-order valence-electron chi connectivity index (χ2n) is 6.79. The number of fused-ring (bicyclic) bond motifs is 1. The number of rotatable bonds is 5. The Morgan fingerprint density at radius 2 is 1.89 bits per heavy atom. The Bertz CT molecular complexity index is 1270. The average Bonchev–Trinajstić information content (AvgIpc) is 3.06. The minimum absolute atomic E-state index is 0.0115. The number of aromatic amines is 1. The molecule has 2 N–H and O–H groups in total. The van der Waals surface area contributed by atoms with Crippen LogP contribution in [0.4, 0.5) is 4.39 Å². The summed E-state index contributed by atoms with van der Waals surface area (Å²) in [6.07, 6.45) is 1.02. The van der Waals surface area contributed by atoms with Gasteiger partial charge in [0, 0.05) is 17.8 Å². The van der Waals surface area contributed by atoms with E-state index in [0.29, 0.717) is 15.9 Å². The first kappa shape index (κ1) is 19.8. The molecule has 0 fully saturated rings. The number of benzene rings is 1. The zero-order valence-electron chi connectivity index (χ0n) is 15.7. The van der Waals surface area contributed by atoms with Crippen molar-refractivity contribution in [3.8, 4) is 11.3 Å². The summed E-state index contributed by atoms with van der Waals surface area (Å²) in [6.45, 7) is 5.18. The van der Waals surface area contributed by atoms with Crippen molar-refractivity contribution < 1.29 is 12.8 Å². The van der Waals surface area contributed by atoms with E-state index in [9.17, 15) is 22.4 Å². The standard InChI is InChI=1S/C17H20FN5O4S/c1-9(2)22-15(5-6-19-22)12-7-13-14(8-11(12)10(3)18)20-17(25)23(16(13)24)21-28(4,26)27/h5-10,21H,1-4H3,(H,20,25). The van der Waals surface area contributed by atoms with Crippen LogP contribution in [0.1, 0.15) is 38.5 Å². The van der Waals surface area contributed by atoms with Crippen molar-refractivity contribution in [1.82, 2.24) is 19.4 Å². The number of alkyl halides is 1. The number of H-pyrrole nitrogens is 1. The molecular formula is C17H20FN5O4S. The molecule has 3 aromatic rings. The van der Waals surface area contributed by atoms with Gasteiger partial charge in [0.25, 0.3) is 5.56 Å². The molecular weight excluding hydrogens is 389 g/mol. The maximum atomic E-state index is 14.4. The van der Waals surface area contributed by atoms with Crippen molar-refractivity contribution in [2.24, 2.45) is 0 Å². The lowest BCUT2D eigenvalue weighted by Gasteiger charge is -2.16. The first-order valence-corrected chi connectivity index (χ1v) is 10.4. The maximum absolute atomic E-state index is 14.4. The molecule has 0 bridgehead atoms. The van der Waals surface area contributed by atoms with E-state index in [4.69, 9.17) is 0 Å². The molecule has 0 aliphatic carbocycles. The lowest BCUT2D eigenvalue weighted by atomic mass is 9.98. The van der Waals surface area contributed by atoms with Crippen LogP contribution >= 0.6 is 0 Å². The zero-order chi connectivity index (χ0) is 20.8. The Kier molecular flexibility index (Phi) is 4.88. The lowest BCUT2D eigenvalue weighted by Crippen LogP contribution is -2.43. The highest BCUT2D eigenvalue weighted by molar-refractivity contribution is 7.91. The summed E-state index contributed by atoms with van der Waals surface area (Å²) in [7, 11) is -3.86. The molecule has 1 aromatic carbocycles. The lowest BCUT2D eigenvalue weighted by molar-refractivity contribution is 0.375. The van der Waals surface area contributed by atoms with E-state index >= 15 is 0 Å². The second kappa shape index (κ2) is 6.89. The van der Waals surface area contributed by atoms with Crippen molar-refractivity contribution in [2.75, 3.05) is 11.1 Å². The quantitative estimate of drug-likeness (QED) is 0.664. The van der Waals surface area contributed by atoms with E-state index < -0.39 is 27.4 Å². The summed E-state index contributed by atoms with van der Waals surface area (Å²) in [5.41, 5.74) is -0.410. The SMILES string of the molecule is CC(F)c1cc2[nH]c(=O)n(NS(C)(=O)=O)c(=O)c2cc1-c1ccnn1C(C)C. The molecule has 0 aliphatic heterocycles. The molecule has 28 heavy (non-hydrogen) atoms. The molecule has 0 radical (unpaired) electrons. The molecule has 9 nitrogen and oxygen atoms in total. The molecule has 0 saturated carbocycles. The van der Waals surface area contributed by atoms with Crippen LogP contribution in [-0.2, 0) is 10.0 Å². The normalized spacial score (nSPS) is 13.2. The fourth-order valence-corrected chi connectivity index (χ4v) is 3.52. The molecule has 11 heteroatoms. The average molecular weight is 409 g/mol. The number of halogens is 1. The molecule has 0 amide bonds. The summed E-state index contributed by atoms with van der Waals surface area (Å²) in [6, 6.07) is 4.52. The molecule has 150 valence electrons. The maximum Gasteiger partial charge on any atom is 0.348 e. The van der Waals surface area contributed by atoms with Gasteiger partial charge in [0.1, 0.15) is 6.17 Å². The van der Waals surface area contributed by atoms with Crippen LogP contribution < -0.4 is 16.1 Å². The zero-order valence-corrected chi connectivity index (χ0v) is 16.5. The molecule has 0 saturated heterocycles. The molecule has 0 aliphatic rings. The number of aromatic nitrogens is 4. The van der Waals surface area contributed by atoms with E-state index in [-0.39, 0.29) is 22.5 Å². The topological polar surface area (TPSA) is 119 Å². The van der Waals surface area contributed by atoms with Crippen molar-refractivity contribution in [2.45, 2.75) is 33.0 Å². The van der Waals surface area contributed by atoms with Crippen LogP contribution in [0.25, 0.3) is 22.2 Å². The molecule has 0 spiro atoms. The van der Waals surface area contributed by atoms with Gasteiger partial charge in [-0.1, -0.05) is 0 Å². The highest BCUT2D eigenvalue weighted by Crippen LogP contribution is 2.33. The number of sulfonamides is 1. The highest BCUT2D eigenvalue weighted by Gasteiger charge is 2.20. The molecule has 2 heterocycles. The molecule has 1 atom stereocenters. The van der Waals surface area contributed by atoms with Gasteiger partial charge >= 0.3 is 5.69 Å².